The van der Waals surface area contributed by atoms with Crippen LogP contribution in [-0.4, -0.2) is 35.8 Å². The van der Waals surface area contributed by atoms with E-state index < -0.39 is 29.6 Å². The minimum absolute atomic E-state index is 0.00225. The van der Waals surface area contributed by atoms with Crippen LogP contribution in [0, 0.1) is 0 Å². The molecule has 8 nitrogen and oxygen atoms in total. The minimum atomic E-state index is -1.45. The number of hydrogen-bond acceptors (Lipinski definition) is 7. The van der Waals surface area contributed by atoms with Crippen molar-refractivity contribution in [3.63, 3.8) is 0 Å². The lowest BCUT2D eigenvalue weighted by atomic mass is 10.1. The smallest absolute Gasteiger partial charge is 0.478 e. The summed E-state index contributed by atoms with van der Waals surface area (Å²) in [6.45, 7) is 3.12. The molecular weight excluding hydrogens is 308 g/mol. The van der Waals surface area contributed by atoms with E-state index in [2.05, 4.69) is 9.47 Å². The number of allylic oxidation sites excluding steroid dienone is 1. The van der Waals surface area contributed by atoms with Gasteiger partial charge < -0.3 is 19.3 Å². The number of carbonyl (C=O) groups excluding carboxylic acids is 3. The van der Waals surface area contributed by atoms with Crippen molar-refractivity contribution in [2.45, 2.75) is 13.8 Å². The lowest BCUT2D eigenvalue weighted by Crippen LogP contribution is -2.17. The van der Waals surface area contributed by atoms with Crippen LogP contribution < -0.4 is 4.74 Å². The second-order valence-corrected chi connectivity index (χ2v) is 4.01. The van der Waals surface area contributed by atoms with Gasteiger partial charge >= 0.3 is 24.1 Å². The quantitative estimate of drug-likeness (QED) is 0.379. The van der Waals surface area contributed by atoms with Gasteiger partial charge in [0.15, 0.2) is 0 Å². The molecule has 0 bridgehead atoms. The van der Waals surface area contributed by atoms with Crippen LogP contribution in [0.1, 0.15) is 34.6 Å². The summed E-state index contributed by atoms with van der Waals surface area (Å²) in [5, 5.41) is 9.14. The van der Waals surface area contributed by atoms with E-state index in [1.54, 1.807) is 6.92 Å². The van der Waals surface area contributed by atoms with Gasteiger partial charge in [-0.15, -0.1) is 0 Å². The summed E-state index contributed by atoms with van der Waals surface area (Å²) in [7, 11) is 0. The fourth-order valence-corrected chi connectivity index (χ4v) is 1.51. The summed E-state index contributed by atoms with van der Waals surface area (Å²) in [5.41, 5.74) is -0.860. The summed E-state index contributed by atoms with van der Waals surface area (Å²) < 4.78 is 13.6. The number of carboxylic acid groups (broad SMARTS) is 1. The Balaban J connectivity index is 3.05. The van der Waals surface area contributed by atoms with Gasteiger partial charge in [0.25, 0.3) is 0 Å². The molecule has 0 saturated carbocycles. The van der Waals surface area contributed by atoms with E-state index in [1.165, 1.54) is 19.1 Å². The molecule has 1 rings (SSSR count). The van der Waals surface area contributed by atoms with E-state index in [0.717, 1.165) is 18.2 Å². The second kappa shape index (κ2) is 8.32. The molecule has 0 aliphatic carbocycles. The summed E-state index contributed by atoms with van der Waals surface area (Å²) in [5.74, 6) is -3.42. The summed E-state index contributed by atoms with van der Waals surface area (Å²) in [6.07, 6.45) is 1.35. The molecule has 1 aromatic carbocycles. The zero-order valence-electron chi connectivity index (χ0n) is 12.4. The lowest BCUT2D eigenvalue weighted by molar-refractivity contribution is -0.129. The lowest BCUT2D eigenvalue weighted by Gasteiger charge is -2.08. The highest BCUT2D eigenvalue weighted by atomic mass is 16.7. The molecule has 8 heteroatoms. The molecule has 1 N–H and O–H groups in total. The van der Waals surface area contributed by atoms with Gasteiger partial charge in [-0.25, -0.2) is 19.2 Å². The Morgan fingerprint density at radius 2 is 1.87 bits per heavy atom. The Kier molecular flexibility index (Phi) is 6.47. The zero-order chi connectivity index (χ0) is 17.4. The maximum atomic E-state index is 11.8. The standard InChI is InChI=1S/C15H14O8/c1-3-5-12(16)22-9-6-7-10(11(8-9)13(17)18)14(19)23-15(20)21-4-2/h3,5-8H,4H2,1-2H3,(H,17,18). The number of esters is 2. The van der Waals surface area contributed by atoms with Gasteiger partial charge in [0, 0.05) is 6.08 Å². The topological polar surface area (TPSA) is 116 Å². The van der Waals surface area contributed by atoms with Crippen molar-refractivity contribution in [1.82, 2.24) is 0 Å². The van der Waals surface area contributed by atoms with Gasteiger partial charge in [-0.3, -0.25) is 0 Å². The first-order valence-corrected chi connectivity index (χ1v) is 6.49. The van der Waals surface area contributed by atoms with Crippen LogP contribution in [0.2, 0.25) is 0 Å². The Bertz CT molecular complexity index is 659. The van der Waals surface area contributed by atoms with Crippen molar-refractivity contribution in [2.24, 2.45) is 0 Å². The third kappa shape index (κ3) is 5.27. The first-order chi connectivity index (χ1) is 10.9. The highest BCUT2D eigenvalue weighted by molar-refractivity contribution is 6.05. The van der Waals surface area contributed by atoms with Crippen LogP contribution in [0.3, 0.4) is 0 Å². The molecule has 0 fully saturated rings. The fraction of sp³-hybridized carbons (Fsp3) is 0.200. The Labute approximate surface area is 131 Å². The highest BCUT2D eigenvalue weighted by Gasteiger charge is 2.22. The molecule has 0 saturated heterocycles. The van der Waals surface area contributed by atoms with Crippen LogP contribution in [-0.2, 0) is 14.3 Å². The highest BCUT2D eigenvalue weighted by Crippen LogP contribution is 2.19. The summed E-state index contributed by atoms with van der Waals surface area (Å²) >= 11 is 0. The fourth-order valence-electron chi connectivity index (χ4n) is 1.51. The summed E-state index contributed by atoms with van der Waals surface area (Å²) in [4.78, 5) is 45.4. The van der Waals surface area contributed by atoms with Gasteiger partial charge in [-0.2, -0.15) is 0 Å². The monoisotopic (exact) mass is 322 g/mol. The molecule has 0 amide bonds. The van der Waals surface area contributed by atoms with Crippen molar-refractivity contribution >= 4 is 24.1 Å². The van der Waals surface area contributed by atoms with Crippen LogP contribution in [0.5, 0.6) is 5.75 Å². The van der Waals surface area contributed by atoms with Gasteiger partial charge in [0.1, 0.15) is 5.75 Å². The predicted molar refractivity (Wildman–Crippen MR) is 76.3 cm³/mol. The predicted octanol–water partition coefficient (Wildman–Crippen LogP) is 2.18. The van der Waals surface area contributed by atoms with Gasteiger partial charge in [-0.05, 0) is 32.0 Å². The molecule has 0 radical (unpaired) electrons. The van der Waals surface area contributed by atoms with E-state index in [9.17, 15) is 19.2 Å². The summed E-state index contributed by atoms with van der Waals surface area (Å²) in [6, 6.07) is 3.25. The Morgan fingerprint density at radius 1 is 1.17 bits per heavy atom. The number of carboxylic acids is 1. The zero-order valence-corrected chi connectivity index (χ0v) is 12.4. The average molecular weight is 322 g/mol. The minimum Gasteiger partial charge on any atom is -0.478 e. The van der Waals surface area contributed by atoms with Crippen molar-refractivity contribution in [3.8, 4) is 5.75 Å². The maximum absolute atomic E-state index is 11.8. The number of rotatable bonds is 5. The van der Waals surface area contributed by atoms with E-state index in [4.69, 9.17) is 9.84 Å². The van der Waals surface area contributed by atoms with Crippen LogP contribution >= 0.6 is 0 Å². The van der Waals surface area contributed by atoms with E-state index in [1.807, 2.05) is 0 Å². The number of hydrogen-bond donors (Lipinski definition) is 1. The second-order valence-electron chi connectivity index (χ2n) is 4.01. The number of aromatic carboxylic acids is 1. The third-order valence-electron chi connectivity index (χ3n) is 2.40. The first-order valence-electron chi connectivity index (χ1n) is 6.49. The van der Waals surface area contributed by atoms with Gasteiger partial charge in [-0.1, -0.05) is 6.08 Å². The third-order valence-corrected chi connectivity index (χ3v) is 2.40. The number of ether oxygens (including phenoxy) is 3. The molecule has 0 aromatic heterocycles. The van der Waals surface area contributed by atoms with Gasteiger partial charge in [0.2, 0.25) is 0 Å². The molecule has 0 aliphatic heterocycles. The Morgan fingerprint density at radius 3 is 2.43 bits per heavy atom. The SMILES string of the molecule is CC=CC(=O)Oc1ccc(C(=O)OC(=O)OCC)c(C(=O)O)c1. The van der Waals surface area contributed by atoms with Gasteiger partial charge in [0.05, 0.1) is 17.7 Å². The van der Waals surface area contributed by atoms with E-state index >= 15 is 0 Å². The van der Waals surface area contributed by atoms with Crippen LogP contribution in [0.15, 0.2) is 30.4 Å². The average Bonchev–Trinajstić information content (AvgIpc) is 2.47. The molecule has 0 heterocycles. The van der Waals surface area contributed by atoms with Crippen molar-refractivity contribution in [1.29, 1.82) is 0 Å². The van der Waals surface area contributed by atoms with E-state index in [-0.39, 0.29) is 17.9 Å². The van der Waals surface area contributed by atoms with Crippen molar-refractivity contribution in [3.05, 3.63) is 41.5 Å². The molecule has 122 valence electrons. The van der Waals surface area contributed by atoms with E-state index in [0.29, 0.717) is 0 Å². The first kappa shape index (κ1) is 17.9. The van der Waals surface area contributed by atoms with Crippen LogP contribution in [0.4, 0.5) is 4.79 Å². The number of carbonyl (C=O) groups is 4. The molecule has 0 atom stereocenters. The number of benzene rings is 1. The molecule has 1 aromatic rings. The normalized spacial score (nSPS) is 10.2. The molecule has 0 spiro atoms. The van der Waals surface area contributed by atoms with Crippen LogP contribution in [0.25, 0.3) is 0 Å². The Hall–Kier alpha value is -3.16. The largest absolute Gasteiger partial charge is 0.516 e. The molecule has 0 unspecified atom stereocenters. The molecule has 23 heavy (non-hydrogen) atoms. The van der Waals surface area contributed by atoms with Crippen molar-refractivity contribution < 1.29 is 38.5 Å². The molecular formula is C15H14O8. The molecule has 0 aliphatic rings. The van der Waals surface area contributed by atoms with Crippen molar-refractivity contribution in [2.75, 3.05) is 6.61 Å². The maximum Gasteiger partial charge on any atom is 0.516 e.